The number of carbonyl (C=O) groups is 1. The molecule has 1 fully saturated rings. The van der Waals surface area contributed by atoms with E-state index in [4.69, 9.17) is 14.2 Å². The van der Waals surface area contributed by atoms with Crippen molar-refractivity contribution < 1.29 is 19.0 Å². The van der Waals surface area contributed by atoms with E-state index in [9.17, 15) is 4.79 Å². The van der Waals surface area contributed by atoms with Gasteiger partial charge in [0.25, 0.3) is 0 Å². The van der Waals surface area contributed by atoms with Crippen LogP contribution >= 0.6 is 0 Å². The number of methoxy groups -OCH3 is 2. The average Bonchev–Trinajstić information content (AvgIpc) is 2.86. The lowest BCUT2D eigenvalue weighted by molar-refractivity contribution is 0.213. The standard InChI is InChI=1S/C25H34N4O4/c1-31-22-6-4-21(5-7-22)29-14-12-28(13-15-29)11-3-10-26-25(30)27-20-16-19-17-23(32-2)8-9-24(19)33-18-20/h4-9,17,20H,3,10-16,18H2,1-2H3,(H2,26,27,30). The molecule has 0 aliphatic carbocycles. The highest BCUT2D eigenvalue weighted by molar-refractivity contribution is 5.74. The van der Waals surface area contributed by atoms with E-state index in [0.717, 1.165) is 68.4 Å². The summed E-state index contributed by atoms with van der Waals surface area (Å²) in [6.45, 7) is 6.19. The number of anilines is 1. The lowest BCUT2D eigenvalue weighted by Gasteiger charge is -2.36. The Morgan fingerprint density at radius 2 is 1.76 bits per heavy atom. The lowest BCUT2D eigenvalue weighted by atomic mass is 10.0. The molecular weight excluding hydrogens is 420 g/mol. The van der Waals surface area contributed by atoms with E-state index in [1.807, 2.05) is 30.3 Å². The molecule has 1 saturated heterocycles. The first-order valence-electron chi connectivity index (χ1n) is 11.6. The number of rotatable bonds is 8. The zero-order valence-electron chi connectivity index (χ0n) is 19.5. The van der Waals surface area contributed by atoms with Crippen molar-refractivity contribution in [1.82, 2.24) is 15.5 Å². The van der Waals surface area contributed by atoms with Crippen molar-refractivity contribution in [3.8, 4) is 17.2 Å². The summed E-state index contributed by atoms with van der Waals surface area (Å²) in [5, 5.41) is 6.00. The first kappa shape index (κ1) is 23.0. The Labute approximate surface area is 195 Å². The summed E-state index contributed by atoms with van der Waals surface area (Å²) in [4.78, 5) is 17.2. The molecule has 4 rings (SSSR count). The van der Waals surface area contributed by atoms with Crippen LogP contribution in [0.15, 0.2) is 42.5 Å². The molecule has 8 heteroatoms. The molecule has 0 bridgehead atoms. The summed E-state index contributed by atoms with van der Waals surface area (Å²) >= 11 is 0. The van der Waals surface area contributed by atoms with Gasteiger partial charge in [-0.1, -0.05) is 0 Å². The summed E-state index contributed by atoms with van der Waals surface area (Å²) in [6, 6.07) is 13.8. The van der Waals surface area contributed by atoms with Crippen LogP contribution in [0, 0.1) is 0 Å². The summed E-state index contributed by atoms with van der Waals surface area (Å²) in [7, 11) is 3.34. The van der Waals surface area contributed by atoms with Crippen LogP contribution in [0.3, 0.4) is 0 Å². The van der Waals surface area contributed by atoms with Gasteiger partial charge >= 0.3 is 6.03 Å². The van der Waals surface area contributed by atoms with Gasteiger partial charge < -0.3 is 29.7 Å². The van der Waals surface area contributed by atoms with E-state index in [0.29, 0.717) is 13.2 Å². The molecule has 2 heterocycles. The minimum Gasteiger partial charge on any atom is -0.497 e. The quantitative estimate of drug-likeness (QED) is 0.597. The van der Waals surface area contributed by atoms with E-state index < -0.39 is 0 Å². The Hall–Kier alpha value is -3.13. The molecule has 178 valence electrons. The molecule has 2 N–H and O–H groups in total. The van der Waals surface area contributed by atoms with Crippen LogP contribution in [0.1, 0.15) is 12.0 Å². The van der Waals surface area contributed by atoms with Crippen LogP contribution in [0.2, 0.25) is 0 Å². The normalized spacial score (nSPS) is 18.1. The van der Waals surface area contributed by atoms with Gasteiger partial charge in [0, 0.05) is 38.4 Å². The van der Waals surface area contributed by atoms with E-state index in [2.05, 4.69) is 32.6 Å². The predicted octanol–water partition coefficient (Wildman–Crippen LogP) is 2.52. The number of ether oxygens (including phenoxy) is 3. The van der Waals surface area contributed by atoms with Crippen molar-refractivity contribution in [3.05, 3.63) is 48.0 Å². The second-order valence-electron chi connectivity index (χ2n) is 8.47. The van der Waals surface area contributed by atoms with Crippen LogP contribution in [0.5, 0.6) is 17.2 Å². The zero-order chi connectivity index (χ0) is 23.0. The summed E-state index contributed by atoms with van der Waals surface area (Å²) < 4.78 is 16.3. The van der Waals surface area contributed by atoms with Crippen LogP contribution in [0.4, 0.5) is 10.5 Å². The fourth-order valence-electron chi connectivity index (χ4n) is 4.35. The van der Waals surface area contributed by atoms with Gasteiger partial charge in [-0.3, -0.25) is 4.90 Å². The molecule has 2 aliphatic heterocycles. The third kappa shape index (κ3) is 6.22. The summed E-state index contributed by atoms with van der Waals surface area (Å²) in [5.74, 6) is 2.55. The number of hydrogen-bond donors (Lipinski definition) is 2. The largest absolute Gasteiger partial charge is 0.497 e. The number of carbonyl (C=O) groups excluding carboxylic acids is 1. The SMILES string of the molecule is COc1ccc(N2CCN(CCCNC(=O)NC3COc4ccc(OC)cc4C3)CC2)cc1. The Morgan fingerprint density at radius 3 is 2.48 bits per heavy atom. The molecule has 1 atom stereocenters. The van der Waals surface area contributed by atoms with Crippen LogP contribution in [0.25, 0.3) is 0 Å². The highest BCUT2D eigenvalue weighted by Crippen LogP contribution is 2.28. The highest BCUT2D eigenvalue weighted by Gasteiger charge is 2.22. The van der Waals surface area contributed by atoms with Crippen molar-refractivity contribution in [3.63, 3.8) is 0 Å². The molecule has 2 aromatic rings. The number of benzene rings is 2. The van der Waals surface area contributed by atoms with Gasteiger partial charge in [0.05, 0.1) is 20.3 Å². The Morgan fingerprint density at radius 1 is 1.03 bits per heavy atom. The summed E-state index contributed by atoms with van der Waals surface area (Å²) in [5.41, 5.74) is 2.29. The lowest BCUT2D eigenvalue weighted by Crippen LogP contribution is -2.48. The number of nitrogens with zero attached hydrogens (tertiary/aromatic N) is 2. The zero-order valence-corrected chi connectivity index (χ0v) is 19.5. The molecule has 33 heavy (non-hydrogen) atoms. The van der Waals surface area contributed by atoms with Gasteiger partial charge in [0.1, 0.15) is 23.9 Å². The number of amides is 2. The van der Waals surface area contributed by atoms with Gasteiger partial charge in [0.2, 0.25) is 0 Å². The van der Waals surface area contributed by atoms with Gasteiger partial charge in [-0.15, -0.1) is 0 Å². The topological polar surface area (TPSA) is 75.3 Å². The van der Waals surface area contributed by atoms with E-state index in [-0.39, 0.29) is 12.1 Å². The predicted molar refractivity (Wildman–Crippen MR) is 129 cm³/mol. The first-order chi connectivity index (χ1) is 16.1. The molecule has 8 nitrogen and oxygen atoms in total. The van der Waals surface area contributed by atoms with Gasteiger partial charge in [-0.25, -0.2) is 4.79 Å². The smallest absolute Gasteiger partial charge is 0.315 e. The Kier molecular flexibility index (Phi) is 7.78. The summed E-state index contributed by atoms with van der Waals surface area (Å²) in [6.07, 6.45) is 1.66. The number of nitrogens with one attached hydrogen (secondary N) is 2. The molecule has 2 aliphatic rings. The molecule has 0 saturated carbocycles. The number of piperazine rings is 1. The molecular formula is C25H34N4O4. The van der Waals surface area contributed by atoms with Crippen molar-refractivity contribution >= 4 is 11.7 Å². The minimum absolute atomic E-state index is 0.0457. The van der Waals surface area contributed by atoms with Gasteiger partial charge in [0.15, 0.2) is 0 Å². The van der Waals surface area contributed by atoms with Crippen LogP contribution < -0.4 is 29.7 Å². The van der Waals surface area contributed by atoms with Gasteiger partial charge in [-0.2, -0.15) is 0 Å². The Bertz CT molecular complexity index is 913. The van der Waals surface area contributed by atoms with Crippen molar-refractivity contribution in [2.24, 2.45) is 0 Å². The second-order valence-corrected chi connectivity index (χ2v) is 8.47. The Balaban J connectivity index is 1.11. The molecule has 1 unspecified atom stereocenters. The molecule has 2 amide bonds. The van der Waals surface area contributed by atoms with E-state index in [1.165, 1.54) is 5.69 Å². The molecule has 0 radical (unpaired) electrons. The first-order valence-corrected chi connectivity index (χ1v) is 11.6. The molecule has 2 aromatic carbocycles. The number of urea groups is 1. The van der Waals surface area contributed by atoms with Crippen LogP contribution in [-0.4, -0.2) is 77.1 Å². The maximum Gasteiger partial charge on any atom is 0.315 e. The maximum atomic E-state index is 12.3. The van der Waals surface area contributed by atoms with Crippen LogP contribution in [-0.2, 0) is 6.42 Å². The monoisotopic (exact) mass is 454 g/mol. The number of hydrogen-bond acceptors (Lipinski definition) is 6. The van der Waals surface area contributed by atoms with E-state index in [1.54, 1.807) is 14.2 Å². The van der Waals surface area contributed by atoms with Crippen molar-refractivity contribution in [2.45, 2.75) is 18.9 Å². The minimum atomic E-state index is -0.140. The fourth-order valence-corrected chi connectivity index (χ4v) is 4.35. The third-order valence-electron chi connectivity index (χ3n) is 6.26. The van der Waals surface area contributed by atoms with Crippen molar-refractivity contribution in [1.29, 1.82) is 0 Å². The van der Waals surface area contributed by atoms with E-state index >= 15 is 0 Å². The number of fused-ring (bicyclic) bond motifs is 1. The second kappa shape index (κ2) is 11.1. The fraction of sp³-hybridized carbons (Fsp3) is 0.480. The molecule has 0 aromatic heterocycles. The van der Waals surface area contributed by atoms with Crippen molar-refractivity contribution in [2.75, 3.05) is 65.0 Å². The highest BCUT2D eigenvalue weighted by atomic mass is 16.5. The third-order valence-corrected chi connectivity index (χ3v) is 6.26. The molecule has 0 spiro atoms. The van der Waals surface area contributed by atoms with Gasteiger partial charge in [-0.05, 0) is 67.4 Å². The maximum absolute atomic E-state index is 12.3. The average molecular weight is 455 g/mol.